The van der Waals surface area contributed by atoms with Crippen LogP contribution in [0, 0.1) is 0 Å². The zero-order chi connectivity index (χ0) is 30.5. The Hall–Kier alpha value is -6.12. The van der Waals surface area contributed by atoms with Crippen molar-refractivity contribution >= 4 is 32.6 Å². The Morgan fingerprint density at radius 1 is 0.326 bits per heavy atom. The summed E-state index contributed by atoms with van der Waals surface area (Å²) in [5.41, 5.74) is 10.5. The third kappa shape index (κ3) is 4.51. The van der Waals surface area contributed by atoms with Gasteiger partial charge in [0.2, 0.25) is 0 Å². The Morgan fingerprint density at radius 2 is 0.848 bits per heavy atom. The molecule has 46 heavy (non-hydrogen) atoms. The molecule has 216 valence electrons. The molecule has 0 N–H and O–H groups in total. The van der Waals surface area contributed by atoms with Gasteiger partial charge in [-0.05, 0) is 81.6 Å². The van der Waals surface area contributed by atoms with Crippen molar-refractivity contribution in [1.82, 2.24) is 4.57 Å². The number of rotatable bonds is 5. The van der Waals surface area contributed by atoms with Crippen molar-refractivity contribution in [2.24, 2.45) is 0 Å². The number of nitrogens with zero attached hydrogens (tertiary/aromatic N) is 1. The average molecular weight is 588 g/mol. The molecule has 2 nitrogen and oxygen atoms in total. The van der Waals surface area contributed by atoms with E-state index in [1.807, 2.05) is 0 Å². The number of para-hydroxylation sites is 2. The highest BCUT2D eigenvalue weighted by atomic mass is 16.3. The molecule has 0 atom stereocenters. The zero-order valence-corrected chi connectivity index (χ0v) is 25.1. The monoisotopic (exact) mass is 587 g/mol. The molecular formula is C44H29NO. The highest BCUT2D eigenvalue weighted by molar-refractivity contribution is 6.10. The van der Waals surface area contributed by atoms with Gasteiger partial charge in [0.15, 0.2) is 0 Å². The maximum Gasteiger partial charge on any atom is 0.134 e. The predicted octanol–water partition coefficient (Wildman–Crippen LogP) is 12.2. The summed E-state index contributed by atoms with van der Waals surface area (Å²) in [4.78, 5) is 0. The first-order valence-electron chi connectivity index (χ1n) is 15.7. The minimum Gasteiger partial charge on any atom is -0.456 e. The molecule has 9 aromatic rings. The lowest BCUT2D eigenvalue weighted by Gasteiger charge is -2.08. The van der Waals surface area contributed by atoms with Gasteiger partial charge in [-0.15, -0.1) is 0 Å². The van der Waals surface area contributed by atoms with Gasteiger partial charge in [0, 0.05) is 27.6 Å². The lowest BCUT2D eigenvalue weighted by Crippen LogP contribution is -1.92. The molecule has 0 amide bonds. The zero-order valence-electron chi connectivity index (χ0n) is 25.1. The number of benzene rings is 7. The lowest BCUT2D eigenvalue weighted by atomic mass is 10.00. The van der Waals surface area contributed by atoms with Crippen LogP contribution in [0.4, 0.5) is 0 Å². The van der Waals surface area contributed by atoms with Crippen LogP contribution in [0.25, 0.3) is 83.2 Å². The first-order valence-corrected chi connectivity index (χ1v) is 15.7. The number of aromatic nitrogens is 1. The normalized spacial score (nSPS) is 11.5. The number of hydrogen-bond donors (Lipinski definition) is 0. The summed E-state index contributed by atoms with van der Waals surface area (Å²) in [6.07, 6.45) is 0. The van der Waals surface area contributed by atoms with Crippen LogP contribution >= 0.6 is 0 Å². The molecular weight excluding hydrogens is 558 g/mol. The quantitative estimate of drug-likeness (QED) is 0.196. The van der Waals surface area contributed by atoms with Gasteiger partial charge < -0.3 is 8.98 Å². The minimum absolute atomic E-state index is 0.863. The summed E-state index contributed by atoms with van der Waals surface area (Å²) in [5.74, 6) is 1.73. The molecule has 2 aromatic heterocycles. The van der Waals surface area contributed by atoms with E-state index in [4.69, 9.17) is 4.42 Å². The Labute approximate surface area is 267 Å². The van der Waals surface area contributed by atoms with Crippen LogP contribution in [0.15, 0.2) is 180 Å². The highest BCUT2D eigenvalue weighted by Crippen LogP contribution is 2.36. The third-order valence-electron chi connectivity index (χ3n) is 9.05. The van der Waals surface area contributed by atoms with Crippen LogP contribution in [0.2, 0.25) is 0 Å². The first-order chi connectivity index (χ1) is 22.8. The van der Waals surface area contributed by atoms with E-state index in [2.05, 4.69) is 180 Å². The molecule has 0 aliphatic carbocycles. The van der Waals surface area contributed by atoms with Crippen molar-refractivity contribution in [3.8, 4) is 50.6 Å². The standard InChI is InChI=1S/C44H29NO/c1-2-10-38(11-3-1)45-41-13-7-6-12-39(41)40-29-37(24-25-42(40)45)32-16-21-34(22-17-32)44-27-26-43(46-44)33-19-14-31(15-20-33)36-23-18-30-8-4-5-9-35(30)28-36/h1-29H. The number of furan rings is 1. The molecule has 0 unspecified atom stereocenters. The lowest BCUT2D eigenvalue weighted by molar-refractivity contribution is 0.597. The largest absolute Gasteiger partial charge is 0.456 e. The van der Waals surface area contributed by atoms with Gasteiger partial charge in [-0.2, -0.15) is 0 Å². The summed E-state index contributed by atoms with van der Waals surface area (Å²) in [6, 6.07) is 62.5. The summed E-state index contributed by atoms with van der Waals surface area (Å²) >= 11 is 0. The van der Waals surface area contributed by atoms with Crippen molar-refractivity contribution in [2.75, 3.05) is 0 Å². The Bertz CT molecular complexity index is 2500. The molecule has 2 heteroatoms. The van der Waals surface area contributed by atoms with Crippen LogP contribution in [0.1, 0.15) is 0 Å². The van der Waals surface area contributed by atoms with Crippen molar-refractivity contribution in [3.05, 3.63) is 176 Å². The molecule has 0 radical (unpaired) electrons. The second kappa shape index (κ2) is 10.8. The minimum atomic E-state index is 0.863. The predicted molar refractivity (Wildman–Crippen MR) is 192 cm³/mol. The van der Waals surface area contributed by atoms with E-state index in [1.54, 1.807) is 0 Å². The molecule has 0 aliphatic rings. The van der Waals surface area contributed by atoms with Crippen LogP contribution in [-0.2, 0) is 0 Å². The molecule has 2 heterocycles. The van der Waals surface area contributed by atoms with E-state index in [-0.39, 0.29) is 0 Å². The SMILES string of the molecule is c1ccc(-n2c3ccccc3c3cc(-c4ccc(-c5ccc(-c6ccc(-c7ccc8ccccc8c7)cc6)o5)cc4)ccc32)cc1. The number of fused-ring (bicyclic) bond motifs is 4. The van der Waals surface area contributed by atoms with E-state index in [9.17, 15) is 0 Å². The van der Waals surface area contributed by atoms with Crippen molar-refractivity contribution < 1.29 is 4.42 Å². The van der Waals surface area contributed by atoms with Crippen LogP contribution < -0.4 is 0 Å². The van der Waals surface area contributed by atoms with Gasteiger partial charge in [-0.1, -0.05) is 127 Å². The van der Waals surface area contributed by atoms with Gasteiger partial charge in [0.1, 0.15) is 11.5 Å². The Kier molecular flexibility index (Phi) is 6.17. The Balaban J connectivity index is 0.990. The van der Waals surface area contributed by atoms with Crippen molar-refractivity contribution in [2.45, 2.75) is 0 Å². The first kappa shape index (κ1) is 26.3. The second-order valence-corrected chi connectivity index (χ2v) is 11.8. The van der Waals surface area contributed by atoms with E-state index in [1.165, 1.54) is 60.5 Å². The van der Waals surface area contributed by atoms with Gasteiger partial charge in [-0.25, -0.2) is 0 Å². The maximum absolute atomic E-state index is 6.35. The fourth-order valence-electron chi connectivity index (χ4n) is 6.68. The van der Waals surface area contributed by atoms with E-state index in [0.717, 1.165) is 22.6 Å². The van der Waals surface area contributed by atoms with Gasteiger partial charge in [0.05, 0.1) is 11.0 Å². The summed E-state index contributed by atoms with van der Waals surface area (Å²) < 4.78 is 8.70. The molecule has 9 rings (SSSR count). The van der Waals surface area contributed by atoms with E-state index in [0.29, 0.717) is 0 Å². The van der Waals surface area contributed by atoms with E-state index >= 15 is 0 Å². The van der Waals surface area contributed by atoms with Crippen LogP contribution in [0.3, 0.4) is 0 Å². The molecule has 0 aliphatic heterocycles. The summed E-state index contributed by atoms with van der Waals surface area (Å²) in [7, 11) is 0. The molecule has 0 fully saturated rings. The molecule has 0 saturated heterocycles. The summed E-state index contributed by atoms with van der Waals surface area (Å²) in [6.45, 7) is 0. The maximum atomic E-state index is 6.35. The molecule has 0 bridgehead atoms. The van der Waals surface area contributed by atoms with Crippen molar-refractivity contribution in [1.29, 1.82) is 0 Å². The summed E-state index contributed by atoms with van der Waals surface area (Å²) in [5, 5.41) is 5.02. The molecule has 0 spiro atoms. The van der Waals surface area contributed by atoms with E-state index < -0.39 is 0 Å². The van der Waals surface area contributed by atoms with Gasteiger partial charge in [-0.3, -0.25) is 0 Å². The fraction of sp³-hybridized carbons (Fsp3) is 0. The van der Waals surface area contributed by atoms with Gasteiger partial charge >= 0.3 is 0 Å². The number of hydrogen-bond acceptors (Lipinski definition) is 1. The fourth-order valence-corrected chi connectivity index (χ4v) is 6.68. The molecule has 7 aromatic carbocycles. The Morgan fingerprint density at radius 3 is 1.57 bits per heavy atom. The van der Waals surface area contributed by atoms with Crippen LogP contribution in [-0.4, -0.2) is 4.57 Å². The third-order valence-corrected chi connectivity index (χ3v) is 9.05. The second-order valence-electron chi connectivity index (χ2n) is 11.8. The van der Waals surface area contributed by atoms with Crippen molar-refractivity contribution in [3.63, 3.8) is 0 Å². The average Bonchev–Trinajstić information content (AvgIpc) is 3.75. The highest BCUT2D eigenvalue weighted by Gasteiger charge is 2.13. The van der Waals surface area contributed by atoms with Gasteiger partial charge in [0.25, 0.3) is 0 Å². The molecule has 0 saturated carbocycles. The van der Waals surface area contributed by atoms with Crippen LogP contribution in [0.5, 0.6) is 0 Å². The smallest absolute Gasteiger partial charge is 0.134 e. The topological polar surface area (TPSA) is 18.1 Å².